The second-order valence-corrected chi connectivity index (χ2v) is 9.24. The number of hydrogen-bond donors (Lipinski definition) is 3. The van der Waals surface area contributed by atoms with Crippen LogP contribution in [0.4, 0.5) is 26.4 Å². The number of fused-ring (bicyclic) bond motifs is 1. The molecule has 9 nitrogen and oxygen atoms in total. The minimum absolute atomic E-state index is 0.0506. The van der Waals surface area contributed by atoms with Crippen LogP contribution in [0.3, 0.4) is 0 Å². The van der Waals surface area contributed by atoms with Crippen LogP contribution < -0.4 is 20.7 Å². The van der Waals surface area contributed by atoms with Gasteiger partial charge >= 0.3 is 6.09 Å². The number of hydrogen-bond acceptors (Lipinski definition) is 7. The second-order valence-electron chi connectivity index (χ2n) is 8.43. The summed E-state index contributed by atoms with van der Waals surface area (Å²) in [5, 5.41) is 8.82. The van der Waals surface area contributed by atoms with Gasteiger partial charge in [-0.2, -0.15) is 0 Å². The van der Waals surface area contributed by atoms with Crippen LogP contribution in [0.2, 0.25) is 10.0 Å². The summed E-state index contributed by atoms with van der Waals surface area (Å²) in [6, 6.07) is 5.58. The highest BCUT2D eigenvalue weighted by Crippen LogP contribution is 2.35. The van der Waals surface area contributed by atoms with Crippen LogP contribution in [-0.4, -0.2) is 40.7 Å². The van der Waals surface area contributed by atoms with Crippen molar-refractivity contribution in [2.75, 3.05) is 23.8 Å². The Hall–Kier alpha value is -3.63. The molecule has 1 heterocycles. The van der Waals surface area contributed by atoms with E-state index in [2.05, 4.69) is 32.5 Å². The van der Waals surface area contributed by atoms with Crippen LogP contribution >= 0.6 is 23.2 Å². The fourth-order valence-electron chi connectivity index (χ4n) is 2.96. The Labute approximate surface area is 217 Å². The summed E-state index contributed by atoms with van der Waals surface area (Å²) in [6.07, 6.45) is 1.81. The van der Waals surface area contributed by atoms with Gasteiger partial charge in [-0.1, -0.05) is 29.8 Å². The number of aromatic nitrogens is 2. The number of carbonyl (C=O) groups is 2. The van der Waals surface area contributed by atoms with E-state index in [-0.39, 0.29) is 46.1 Å². The van der Waals surface area contributed by atoms with Crippen molar-refractivity contribution in [2.45, 2.75) is 26.4 Å². The molecule has 2 amide bonds. The molecule has 2 aromatic carbocycles. The molecule has 0 aliphatic heterocycles. The Morgan fingerprint density at radius 1 is 1.11 bits per heavy atom. The topological polar surface area (TPSA) is 114 Å². The molecule has 0 atom stereocenters. The van der Waals surface area contributed by atoms with Gasteiger partial charge in [0.05, 0.1) is 33.5 Å². The third-order valence-corrected chi connectivity index (χ3v) is 5.19. The van der Waals surface area contributed by atoms with Crippen molar-refractivity contribution >= 4 is 63.3 Å². The molecule has 0 fully saturated rings. The lowest BCUT2D eigenvalue weighted by Gasteiger charge is -2.20. The summed E-state index contributed by atoms with van der Waals surface area (Å²) in [7, 11) is 0. The number of nitrogens with one attached hydrogen (secondary N) is 3. The Kier molecular flexibility index (Phi) is 8.54. The van der Waals surface area contributed by atoms with E-state index in [1.807, 2.05) is 0 Å². The van der Waals surface area contributed by atoms with E-state index in [0.717, 1.165) is 12.1 Å². The number of anilines is 3. The molecule has 3 N–H and O–H groups in total. The van der Waals surface area contributed by atoms with Crippen molar-refractivity contribution in [3.63, 3.8) is 0 Å². The maximum atomic E-state index is 14.4. The molecule has 0 radical (unpaired) electrons. The third kappa shape index (κ3) is 7.19. The first-order chi connectivity index (χ1) is 17.0. The first-order valence-corrected chi connectivity index (χ1v) is 11.5. The summed E-state index contributed by atoms with van der Waals surface area (Å²) in [4.78, 5) is 32.3. The number of nitrogens with zero attached hydrogens (tertiary/aromatic N) is 2. The van der Waals surface area contributed by atoms with Crippen molar-refractivity contribution in [1.29, 1.82) is 0 Å². The number of amides is 2. The van der Waals surface area contributed by atoms with Crippen LogP contribution in [0.5, 0.6) is 5.75 Å². The van der Waals surface area contributed by atoms with Crippen LogP contribution in [0, 0.1) is 5.82 Å². The summed E-state index contributed by atoms with van der Waals surface area (Å²) in [5.74, 6) is -0.569. The molecule has 0 aliphatic rings. The van der Waals surface area contributed by atoms with Crippen molar-refractivity contribution in [3.8, 4) is 5.75 Å². The molecule has 1 aromatic heterocycles. The number of ether oxygens (including phenoxy) is 2. The lowest BCUT2D eigenvalue weighted by molar-refractivity contribution is -0.111. The molecule has 12 heteroatoms. The maximum Gasteiger partial charge on any atom is 0.407 e. The molecule has 190 valence electrons. The largest absolute Gasteiger partial charge is 0.489 e. The fraction of sp³-hybridized carbons (Fsp3) is 0.250. The Bertz CT molecular complexity index is 1310. The first-order valence-electron chi connectivity index (χ1n) is 10.7. The Morgan fingerprint density at radius 2 is 1.83 bits per heavy atom. The monoisotopic (exact) mass is 535 g/mol. The van der Waals surface area contributed by atoms with Crippen LogP contribution in [0.25, 0.3) is 10.9 Å². The number of alkyl carbamates (subject to hydrolysis) is 1. The number of rotatable bonds is 8. The third-order valence-electron chi connectivity index (χ3n) is 4.47. The minimum Gasteiger partial charge on any atom is -0.489 e. The summed E-state index contributed by atoms with van der Waals surface area (Å²) < 4.78 is 25.4. The summed E-state index contributed by atoms with van der Waals surface area (Å²) in [5.41, 5.74) is 0.156. The van der Waals surface area contributed by atoms with Gasteiger partial charge < -0.3 is 25.4 Å². The average Bonchev–Trinajstić information content (AvgIpc) is 2.79. The van der Waals surface area contributed by atoms with Crippen LogP contribution in [0.15, 0.2) is 43.2 Å². The highest BCUT2D eigenvalue weighted by Gasteiger charge is 2.17. The fourth-order valence-corrected chi connectivity index (χ4v) is 3.27. The molecular weight excluding hydrogens is 512 g/mol. The number of halogens is 3. The molecule has 0 aliphatic carbocycles. The Morgan fingerprint density at radius 3 is 2.53 bits per heavy atom. The number of carbonyl (C=O) groups excluding carboxylic acids is 2. The quantitative estimate of drug-likeness (QED) is 0.188. The van der Waals surface area contributed by atoms with Gasteiger partial charge in [-0.25, -0.2) is 19.2 Å². The molecule has 3 aromatic rings. The summed E-state index contributed by atoms with van der Waals surface area (Å²) >= 11 is 11.9. The van der Waals surface area contributed by atoms with Gasteiger partial charge in [0.1, 0.15) is 35.9 Å². The van der Waals surface area contributed by atoms with E-state index in [0.29, 0.717) is 10.9 Å². The molecule has 0 saturated heterocycles. The normalized spacial score (nSPS) is 11.1. The van der Waals surface area contributed by atoms with Crippen molar-refractivity contribution in [3.05, 3.63) is 59.1 Å². The smallest absolute Gasteiger partial charge is 0.407 e. The maximum absolute atomic E-state index is 14.4. The standard InChI is InChI=1S/C24H24Cl2FN5O4/c1-5-21(33)31-19-8-13-17(11-20(19)35-7-6-28-23(34)36-24(2,3)4)29-12-30-22(13)32-18-10-15(26)14(25)9-16(18)27/h5,8-12H,1,6-7H2,2-4H3,(H,28,34)(H,31,33)(H,29,30,32). The molecule has 0 spiro atoms. The molecule has 3 rings (SSSR count). The van der Waals surface area contributed by atoms with E-state index in [9.17, 15) is 14.0 Å². The van der Waals surface area contributed by atoms with E-state index in [4.69, 9.17) is 32.7 Å². The highest BCUT2D eigenvalue weighted by atomic mass is 35.5. The predicted octanol–water partition coefficient (Wildman–Crippen LogP) is 5.85. The average molecular weight is 536 g/mol. The molecule has 0 saturated carbocycles. The van der Waals surface area contributed by atoms with Gasteiger partial charge in [-0.3, -0.25) is 4.79 Å². The van der Waals surface area contributed by atoms with Gasteiger partial charge in [0.15, 0.2) is 0 Å². The zero-order valence-corrected chi connectivity index (χ0v) is 21.3. The lowest BCUT2D eigenvalue weighted by Crippen LogP contribution is -2.34. The molecule has 0 bridgehead atoms. The van der Waals surface area contributed by atoms with Crippen molar-refractivity contribution in [1.82, 2.24) is 15.3 Å². The Balaban J connectivity index is 1.87. The van der Waals surface area contributed by atoms with Gasteiger partial charge in [0.25, 0.3) is 0 Å². The SMILES string of the molecule is C=CC(=O)Nc1cc2c(Nc3cc(Cl)c(Cl)cc3F)ncnc2cc1OCCNC(=O)OC(C)(C)C. The first kappa shape index (κ1) is 27.0. The van der Waals surface area contributed by atoms with Gasteiger partial charge in [0, 0.05) is 11.5 Å². The van der Waals surface area contributed by atoms with E-state index in [1.165, 1.54) is 12.4 Å². The van der Waals surface area contributed by atoms with Crippen molar-refractivity contribution in [2.24, 2.45) is 0 Å². The van der Waals surface area contributed by atoms with Gasteiger partial charge in [-0.05, 0) is 45.0 Å². The number of benzene rings is 2. The molecule has 0 unspecified atom stereocenters. The lowest BCUT2D eigenvalue weighted by atomic mass is 10.1. The van der Waals surface area contributed by atoms with Crippen molar-refractivity contribution < 1.29 is 23.5 Å². The zero-order valence-electron chi connectivity index (χ0n) is 19.7. The highest BCUT2D eigenvalue weighted by molar-refractivity contribution is 6.42. The molecule has 36 heavy (non-hydrogen) atoms. The predicted molar refractivity (Wildman–Crippen MR) is 138 cm³/mol. The van der Waals surface area contributed by atoms with E-state index < -0.39 is 23.4 Å². The minimum atomic E-state index is -0.631. The van der Waals surface area contributed by atoms with Gasteiger partial charge in [0.2, 0.25) is 5.91 Å². The van der Waals surface area contributed by atoms with E-state index >= 15 is 0 Å². The van der Waals surface area contributed by atoms with Gasteiger partial charge in [-0.15, -0.1) is 0 Å². The second kappa shape index (κ2) is 11.4. The summed E-state index contributed by atoms with van der Waals surface area (Å²) in [6.45, 7) is 8.95. The van der Waals surface area contributed by atoms with E-state index in [1.54, 1.807) is 32.9 Å². The van der Waals surface area contributed by atoms with Crippen LogP contribution in [0.1, 0.15) is 20.8 Å². The van der Waals surface area contributed by atoms with Crippen LogP contribution in [-0.2, 0) is 9.53 Å². The molecular formula is C24H24Cl2FN5O4. The zero-order chi connectivity index (χ0) is 26.5.